The minimum Gasteiger partial charge on any atom is -0.497 e. The van der Waals surface area contributed by atoms with Gasteiger partial charge >= 0.3 is 0 Å². The second kappa shape index (κ2) is 10.8. The molecule has 1 unspecified atom stereocenters. The summed E-state index contributed by atoms with van der Waals surface area (Å²) in [4.78, 5) is 17.7. The van der Waals surface area contributed by atoms with Gasteiger partial charge in [-0.1, -0.05) is 48.5 Å². The summed E-state index contributed by atoms with van der Waals surface area (Å²) in [6.07, 6.45) is 0. The fraction of sp³-hybridized carbons (Fsp3) is 0.321. The molecule has 2 aliphatic rings. The first-order chi connectivity index (χ1) is 17.2. The van der Waals surface area contributed by atoms with E-state index in [1.165, 1.54) is 5.56 Å². The van der Waals surface area contributed by atoms with E-state index in [4.69, 9.17) is 14.2 Å². The van der Waals surface area contributed by atoms with Crippen molar-refractivity contribution in [2.24, 2.45) is 0 Å². The highest BCUT2D eigenvalue weighted by Gasteiger charge is 2.22. The predicted octanol–water partition coefficient (Wildman–Crippen LogP) is 3.45. The van der Waals surface area contributed by atoms with Crippen LogP contribution in [0.25, 0.3) is 0 Å². The molecule has 2 heterocycles. The normalized spacial score (nSPS) is 16.6. The van der Waals surface area contributed by atoms with Crippen LogP contribution in [0.5, 0.6) is 17.2 Å². The van der Waals surface area contributed by atoms with Gasteiger partial charge in [-0.3, -0.25) is 14.6 Å². The highest BCUT2D eigenvalue weighted by atomic mass is 16.7. The first-order valence-electron chi connectivity index (χ1n) is 12.0. The van der Waals surface area contributed by atoms with Crippen LogP contribution in [0.2, 0.25) is 0 Å². The smallest absolute Gasteiger partial charge is 0.234 e. The molecule has 1 amide bonds. The van der Waals surface area contributed by atoms with Crippen LogP contribution in [0.15, 0.2) is 72.8 Å². The van der Waals surface area contributed by atoms with E-state index in [2.05, 4.69) is 27.2 Å². The summed E-state index contributed by atoms with van der Waals surface area (Å²) in [7, 11) is 1.65. The second-order valence-corrected chi connectivity index (χ2v) is 8.92. The molecule has 3 aromatic carbocycles. The van der Waals surface area contributed by atoms with Crippen molar-refractivity contribution in [3.05, 3.63) is 89.5 Å². The van der Waals surface area contributed by atoms with Gasteiger partial charge in [0.1, 0.15) is 5.75 Å². The molecular formula is C28H31N3O4. The molecule has 2 aliphatic heterocycles. The number of methoxy groups -OCH3 is 1. The zero-order valence-electron chi connectivity index (χ0n) is 20.0. The Balaban J connectivity index is 1.16. The number of piperazine rings is 1. The number of rotatable bonds is 8. The monoisotopic (exact) mass is 473 g/mol. The minimum absolute atomic E-state index is 0.0268. The van der Waals surface area contributed by atoms with Crippen molar-refractivity contribution in [1.82, 2.24) is 15.1 Å². The standard InChI is InChI=1S/C28H31N3O4/c1-33-24-10-8-23(9-11-24)28(22-5-3-2-4-6-22)29-27(32)19-31-15-13-30(14-16-31)18-21-7-12-25-26(17-21)35-20-34-25/h2-12,17,28H,13-16,18-20H2,1H3,(H,29,32). The average Bonchev–Trinajstić information content (AvgIpc) is 3.37. The third kappa shape index (κ3) is 5.75. The molecular weight excluding hydrogens is 442 g/mol. The maximum atomic E-state index is 13.1. The number of hydrogen-bond donors (Lipinski definition) is 1. The van der Waals surface area contributed by atoms with Gasteiger partial charge < -0.3 is 19.5 Å². The Bertz CT molecular complexity index is 1130. The molecule has 0 radical (unpaired) electrons. The van der Waals surface area contributed by atoms with E-state index >= 15 is 0 Å². The number of carbonyl (C=O) groups excluding carboxylic acids is 1. The number of amides is 1. The van der Waals surface area contributed by atoms with Gasteiger partial charge in [-0.15, -0.1) is 0 Å². The maximum absolute atomic E-state index is 13.1. The average molecular weight is 474 g/mol. The lowest BCUT2D eigenvalue weighted by Crippen LogP contribution is -2.49. The third-order valence-electron chi connectivity index (χ3n) is 6.56. The van der Waals surface area contributed by atoms with Crippen LogP contribution >= 0.6 is 0 Å². The fourth-order valence-electron chi connectivity index (χ4n) is 4.61. The van der Waals surface area contributed by atoms with E-state index in [9.17, 15) is 4.79 Å². The first-order valence-corrected chi connectivity index (χ1v) is 12.0. The summed E-state index contributed by atoms with van der Waals surface area (Å²) >= 11 is 0. The number of ether oxygens (including phenoxy) is 3. The lowest BCUT2D eigenvalue weighted by atomic mass is 9.98. The molecule has 1 saturated heterocycles. The van der Waals surface area contributed by atoms with Gasteiger partial charge in [-0.2, -0.15) is 0 Å². The Hall–Kier alpha value is -3.55. The molecule has 5 rings (SSSR count). The number of fused-ring (bicyclic) bond motifs is 1. The SMILES string of the molecule is COc1ccc(C(NC(=O)CN2CCN(Cc3ccc4c(c3)OCO4)CC2)c2ccccc2)cc1. The van der Waals surface area contributed by atoms with Crippen molar-refractivity contribution in [1.29, 1.82) is 0 Å². The number of nitrogens with one attached hydrogen (secondary N) is 1. The Morgan fingerprint density at radius 1 is 0.886 bits per heavy atom. The van der Waals surface area contributed by atoms with E-state index in [1.54, 1.807) is 7.11 Å². The van der Waals surface area contributed by atoms with Gasteiger partial charge in [0.2, 0.25) is 12.7 Å². The van der Waals surface area contributed by atoms with E-state index in [0.717, 1.165) is 61.1 Å². The molecule has 7 nitrogen and oxygen atoms in total. The van der Waals surface area contributed by atoms with Crippen molar-refractivity contribution in [2.45, 2.75) is 12.6 Å². The molecule has 1 fully saturated rings. The highest BCUT2D eigenvalue weighted by molar-refractivity contribution is 5.79. The van der Waals surface area contributed by atoms with Crippen molar-refractivity contribution in [3.8, 4) is 17.2 Å². The summed E-state index contributed by atoms with van der Waals surface area (Å²) < 4.78 is 16.2. The summed E-state index contributed by atoms with van der Waals surface area (Å²) in [5, 5.41) is 3.25. The molecule has 3 aromatic rings. The molecule has 35 heavy (non-hydrogen) atoms. The van der Waals surface area contributed by atoms with E-state index in [-0.39, 0.29) is 11.9 Å². The van der Waals surface area contributed by atoms with Crippen molar-refractivity contribution < 1.29 is 19.0 Å². The Labute approximate surface area is 206 Å². The van der Waals surface area contributed by atoms with Gasteiger partial charge in [-0.25, -0.2) is 0 Å². The highest BCUT2D eigenvalue weighted by Crippen LogP contribution is 2.33. The van der Waals surface area contributed by atoms with E-state index in [1.807, 2.05) is 60.7 Å². The largest absolute Gasteiger partial charge is 0.497 e. The van der Waals surface area contributed by atoms with Gasteiger partial charge in [0.05, 0.1) is 19.7 Å². The number of carbonyl (C=O) groups is 1. The first kappa shape index (κ1) is 23.2. The molecule has 1 atom stereocenters. The summed E-state index contributed by atoms with van der Waals surface area (Å²) in [6, 6.07) is 23.9. The Kier molecular flexibility index (Phi) is 7.16. The molecule has 7 heteroatoms. The number of hydrogen-bond acceptors (Lipinski definition) is 6. The molecule has 0 saturated carbocycles. The molecule has 0 spiro atoms. The zero-order valence-corrected chi connectivity index (χ0v) is 20.0. The van der Waals surface area contributed by atoms with E-state index in [0.29, 0.717) is 13.3 Å². The van der Waals surface area contributed by atoms with Crippen molar-refractivity contribution in [3.63, 3.8) is 0 Å². The topological polar surface area (TPSA) is 63.3 Å². The molecule has 0 aromatic heterocycles. The lowest BCUT2D eigenvalue weighted by Gasteiger charge is -2.34. The molecule has 1 N–H and O–H groups in total. The van der Waals surface area contributed by atoms with Crippen LogP contribution in [0.1, 0.15) is 22.7 Å². The zero-order chi connectivity index (χ0) is 24.0. The minimum atomic E-state index is -0.207. The molecule has 0 aliphatic carbocycles. The van der Waals surface area contributed by atoms with Crippen LogP contribution in [0.3, 0.4) is 0 Å². The third-order valence-corrected chi connectivity index (χ3v) is 6.56. The number of nitrogens with zero attached hydrogens (tertiary/aromatic N) is 2. The van der Waals surface area contributed by atoms with Crippen molar-refractivity contribution >= 4 is 5.91 Å². The second-order valence-electron chi connectivity index (χ2n) is 8.92. The van der Waals surface area contributed by atoms with E-state index < -0.39 is 0 Å². The molecule has 0 bridgehead atoms. The fourth-order valence-corrected chi connectivity index (χ4v) is 4.61. The number of benzene rings is 3. The van der Waals surface area contributed by atoms with Gasteiger partial charge in [0.15, 0.2) is 11.5 Å². The predicted molar refractivity (Wildman–Crippen MR) is 134 cm³/mol. The Morgan fingerprint density at radius 3 is 2.31 bits per heavy atom. The van der Waals surface area contributed by atoms with Crippen LogP contribution in [-0.4, -0.2) is 62.3 Å². The summed E-state index contributed by atoms with van der Waals surface area (Å²) in [5.41, 5.74) is 3.30. The lowest BCUT2D eigenvalue weighted by molar-refractivity contribution is -0.123. The van der Waals surface area contributed by atoms with Crippen LogP contribution in [-0.2, 0) is 11.3 Å². The van der Waals surface area contributed by atoms with Crippen LogP contribution in [0, 0.1) is 0 Å². The van der Waals surface area contributed by atoms with Crippen LogP contribution in [0.4, 0.5) is 0 Å². The van der Waals surface area contributed by atoms with Gasteiger partial charge in [-0.05, 0) is 41.0 Å². The van der Waals surface area contributed by atoms with Gasteiger partial charge in [0.25, 0.3) is 0 Å². The van der Waals surface area contributed by atoms with Gasteiger partial charge in [0, 0.05) is 32.7 Å². The summed E-state index contributed by atoms with van der Waals surface area (Å²) in [6.45, 7) is 5.10. The van der Waals surface area contributed by atoms with Crippen molar-refractivity contribution in [2.75, 3.05) is 46.6 Å². The quantitative estimate of drug-likeness (QED) is 0.541. The molecule has 182 valence electrons. The van der Waals surface area contributed by atoms with Crippen LogP contribution < -0.4 is 19.5 Å². The Morgan fingerprint density at radius 2 is 1.57 bits per heavy atom. The summed E-state index contributed by atoms with van der Waals surface area (Å²) in [5.74, 6) is 2.46. The maximum Gasteiger partial charge on any atom is 0.234 e.